The topological polar surface area (TPSA) is 49.8 Å². The number of carbonyl (C=O) groups is 1. The van der Waals surface area contributed by atoms with E-state index in [9.17, 15) is 9.90 Å². The molecule has 2 saturated carbocycles. The highest BCUT2D eigenvalue weighted by atomic mass is 16.5. The largest absolute Gasteiger partial charge is 0.469 e. The lowest BCUT2D eigenvalue weighted by atomic mass is 9.42. The van der Waals surface area contributed by atoms with E-state index in [-0.39, 0.29) is 28.6 Å². The predicted molar refractivity (Wildman–Crippen MR) is 104 cm³/mol. The maximum Gasteiger partial charge on any atom is 0.305 e. The van der Waals surface area contributed by atoms with Crippen molar-refractivity contribution in [3.63, 3.8) is 0 Å². The van der Waals surface area contributed by atoms with E-state index in [0.29, 0.717) is 36.1 Å². The van der Waals surface area contributed by atoms with Gasteiger partial charge in [0.25, 0.3) is 0 Å². The van der Waals surface area contributed by atoms with Crippen molar-refractivity contribution < 1.29 is 14.6 Å². The lowest BCUT2D eigenvalue weighted by Gasteiger charge is -2.68. The molecule has 4 heteroatoms. The van der Waals surface area contributed by atoms with Crippen LogP contribution in [0.5, 0.6) is 0 Å². The van der Waals surface area contributed by atoms with E-state index in [2.05, 4.69) is 25.7 Å². The maximum atomic E-state index is 12.2. The minimum Gasteiger partial charge on any atom is -0.469 e. The molecule has 2 aliphatic carbocycles. The van der Waals surface area contributed by atoms with Crippen LogP contribution in [0.15, 0.2) is 0 Å². The third-order valence-electron chi connectivity index (χ3n) is 10.4. The Bertz CT molecular complexity index is 650. The number of esters is 1. The summed E-state index contributed by atoms with van der Waals surface area (Å²) in [5.41, 5.74) is 0.525. The Morgan fingerprint density at radius 2 is 2.00 bits per heavy atom. The molecule has 5 fully saturated rings. The number of hydrogen-bond acceptors (Lipinski definition) is 4. The van der Waals surface area contributed by atoms with Gasteiger partial charge in [0.1, 0.15) is 6.23 Å². The van der Waals surface area contributed by atoms with Crippen LogP contribution in [0.4, 0.5) is 0 Å². The molecule has 3 unspecified atom stereocenters. The SMILES string of the molecule is COC(=O)CC[C@@]12C3C(C(C)C)CC[C@@]1(C)[C@@H]1CC[C@@]4(CCC[C@H]42)N3[C@H]1O. The van der Waals surface area contributed by atoms with Gasteiger partial charge < -0.3 is 9.84 Å². The highest BCUT2D eigenvalue weighted by Gasteiger charge is 2.81. The lowest BCUT2D eigenvalue weighted by molar-refractivity contribution is -0.257. The third kappa shape index (κ3) is 1.91. The number of aliphatic hydroxyl groups excluding tert-OH is 1. The summed E-state index contributed by atoms with van der Waals surface area (Å²) in [6.07, 6.45) is 9.97. The van der Waals surface area contributed by atoms with Gasteiger partial charge in [0, 0.05) is 23.9 Å². The summed E-state index contributed by atoms with van der Waals surface area (Å²) in [6, 6.07) is 0.442. The van der Waals surface area contributed by atoms with Gasteiger partial charge >= 0.3 is 5.97 Å². The Morgan fingerprint density at radius 1 is 1.22 bits per heavy atom. The van der Waals surface area contributed by atoms with Crippen LogP contribution in [0.1, 0.15) is 78.6 Å². The Balaban J connectivity index is 1.70. The van der Waals surface area contributed by atoms with Crippen molar-refractivity contribution >= 4 is 5.97 Å². The molecule has 5 rings (SSSR count). The molecule has 27 heavy (non-hydrogen) atoms. The molecular formula is C23H37NO3. The number of carbonyl (C=O) groups excluding carboxylic acids is 1. The van der Waals surface area contributed by atoms with E-state index in [1.807, 2.05) is 0 Å². The zero-order valence-electron chi connectivity index (χ0n) is 17.5. The minimum absolute atomic E-state index is 0.0592. The average Bonchev–Trinajstić information content (AvgIpc) is 3.10. The summed E-state index contributed by atoms with van der Waals surface area (Å²) in [6.45, 7) is 7.24. The van der Waals surface area contributed by atoms with Crippen LogP contribution in [-0.4, -0.2) is 40.9 Å². The molecule has 0 radical (unpaired) electrons. The highest BCUT2D eigenvalue weighted by Crippen LogP contribution is 2.80. The van der Waals surface area contributed by atoms with Crippen LogP contribution in [-0.2, 0) is 9.53 Å². The average molecular weight is 376 g/mol. The number of piperidine rings is 2. The van der Waals surface area contributed by atoms with Gasteiger partial charge in [-0.1, -0.05) is 27.2 Å². The number of hydrogen-bond donors (Lipinski definition) is 1. The molecule has 0 aromatic heterocycles. The van der Waals surface area contributed by atoms with Crippen molar-refractivity contribution in [2.24, 2.45) is 34.5 Å². The molecule has 1 N–H and O–H groups in total. The maximum absolute atomic E-state index is 12.2. The molecule has 3 saturated heterocycles. The van der Waals surface area contributed by atoms with Crippen molar-refractivity contribution in [2.45, 2.75) is 96.4 Å². The van der Waals surface area contributed by atoms with E-state index in [0.717, 1.165) is 6.42 Å². The number of ether oxygens (including phenoxy) is 1. The molecule has 9 atom stereocenters. The van der Waals surface area contributed by atoms with Crippen molar-refractivity contribution in [1.29, 1.82) is 0 Å². The third-order valence-corrected chi connectivity index (χ3v) is 10.4. The fourth-order valence-electron chi connectivity index (χ4n) is 9.51. The summed E-state index contributed by atoms with van der Waals surface area (Å²) in [4.78, 5) is 14.9. The first kappa shape index (κ1) is 18.4. The van der Waals surface area contributed by atoms with Crippen molar-refractivity contribution in [3.05, 3.63) is 0 Å². The molecule has 1 spiro atoms. The van der Waals surface area contributed by atoms with E-state index < -0.39 is 0 Å². The van der Waals surface area contributed by atoms with Gasteiger partial charge in [-0.15, -0.1) is 0 Å². The van der Waals surface area contributed by atoms with Crippen molar-refractivity contribution in [2.75, 3.05) is 7.11 Å². The van der Waals surface area contributed by atoms with Gasteiger partial charge in [0.15, 0.2) is 0 Å². The fraction of sp³-hybridized carbons (Fsp3) is 0.957. The first-order chi connectivity index (χ1) is 12.8. The summed E-state index contributed by atoms with van der Waals surface area (Å²) in [7, 11) is 1.52. The van der Waals surface area contributed by atoms with Gasteiger partial charge in [-0.25, -0.2) is 0 Å². The molecule has 5 aliphatic rings. The molecule has 3 heterocycles. The Labute approximate surface area is 164 Å². The standard InChI is InChI=1S/C23H37NO3/c1-14(2)15-7-11-21(3)16-8-12-22-10-5-6-17(22)23(21,13-9-18(25)27-4)19(15)24(22)20(16)26/h14-17,19-20,26H,5-13H2,1-4H3/t15?,16-,17-,19?,20+,21+,22-,23-/m1/s1. The lowest BCUT2D eigenvalue weighted by Crippen LogP contribution is -2.72. The molecule has 0 aromatic rings. The fourth-order valence-corrected chi connectivity index (χ4v) is 9.51. The normalized spacial score (nSPS) is 55.0. The second-order valence-corrected chi connectivity index (χ2v) is 10.9. The summed E-state index contributed by atoms with van der Waals surface area (Å²) in [5.74, 6) is 2.21. The van der Waals surface area contributed by atoms with Crippen molar-refractivity contribution in [1.82, 2.24) is 4.90 Å². The number of fused-ring (bicyclic) bond motifs is 2. The van der Waals surface area contributed by atoms with Crippen LogP contribution in [0, 0.1) is 34.5 Å². The van der Waals surface area contributed by atoms with E-state index in [1.54, 1.807) is 0 Å². The summed E-state index contributed by atoms with van der Waals surface area (Å²) >= 11 is 0. The van der Waals surface area contributed by atoms with Gasteiger partial charge in [-0.05, 0) is 73.5 Å². The summed E-state index contributed by atoms with van der Waals surface area (Å²) in [5, 5.41) is 11.6. The van der Waals surface area contributed by atoms with Gasteiger partial charge in [0.2, 0.25) is 0 Å². The van der Waals surface area contributed by atoms with E-state index in [4.69, 9.17) is 4.74 Å². The summed E-state index contributed by atoms with van der Waals surface area (Å²) < 4.78 is 5.07. The van der Waals surface area contributed by atoms with E-state index in [1.165, 1.54) is 52.1 Å². The van der Waals surface area contributed by atoms with Crippen LogP contribution >= 0.6 is 0 Å². The molecule has 0 aromatic carbocycles. The van der Waals surface area contributed by atoms with Gasteiger partial charge in [-0.2, -0.15) is 0 Å². The number of aliphatic hydroxyl groups is 1. The number of methoxy groups -OCH3 is 1. The monoisotopic (exact) mass is 375 g/mol. The van der Waals surface area contributed by atoms with Crippen LogP contribution in [0.3, 0.4) is 0 Å². The Morgan fingerprint density at radius 3 is 2.70 bits per heavy atom. The molecule has 5 bridgehead atoms. The Kier molecular flexibility index (Phi) is 3.90. The number of rotatable bonds is 4. The number of nitrogens with zero attached hydrogens (tertiary/aromatic N) is 1. The van der Waals surface area contributed by atoms with Crippen LogP contribution in [0.25, 0.3) is 0 Å². The van der Waals surface area contributed by atoms with Crippen LogP contribution < -0.4 is 0 Å². The van der Waals surface area contributed by atoms with Crippen LogP contribution in [0.2, 0.25) is 0 Å². The first-order valence-corrected chi connectivity index (χ1v) is 11.4. The molecule has 152 valence electrons. The van der Waals surface area contributed by atoms with Gasteiger partial charge in [-0.3, -0.25) is 9.69 Å². The van der Waals surface area contributed by atoms with Gasteiger partial charge in [0.05, 0.1) is 7.11 Å². The van der Waals surface area contributed by atoms with Crippen molar-refractivity contribution in [3.8, 4) is 0 Å². The smallest absolute Gasteiger partial charge is 0.305 e. The first-order valence-electron chi connectivity index (χ1n) is 11.4. The minimum atomic E-state index is -0.273. The zero-order chi connectivity index (χ0) is 19.2. The van der Waals surface area contributed by atoms with E-state index >= 15 is 0 Å². The molecular weight excluding hydrogens is 338 g/mol. The molecule has 3 aliphatic heterocycles. The predicted octanol–water partition coefficient (Wildman–Crippen LogP) is 3.96. The second-order valence-electron chi connectivity index (χ2n) is 10.9. The molecule has 4 nitrogen and oxygen atoms in total. The Hall–Kier alpha value is -0.610. The highest BCUT2D eigenvalue weighted by molar-refractivity contribution is 5.69. The zero-order valence-corrected chi connectivity index (χ0v) is 17.5. The second kappa shape index (κ2) is 5.72. The molecule has 0 amide bonds. The quantitative estimate of drug-likeness (QED) is 0.756.